The number of hydrogen-bond acceptors (Lipinski definition) is 3. The summed E-state index contributed by atoms with van der Waals surface area (Å²) < 4.78 is 5.20. The van der Waals surface area contributed by atoms with Crippen LogP contribution in [0.2, 0.25) is 0 Å². The third kappa shape index (κ3) is 2.50. The summed E-state index contributed by atoms with van der Waals surface area (Å²) in [5.74, 6) is 0.898. The predicted octanol–water partition coefficient (Wildman–Crippen LogP) is 2.44. The molecule has 2 rings (SSSR count). The summed E-state index contributed by atoms with van der Waals surface area (Å²) in [6.45, 7) is 1.34. The monoisotopic (exact) mass is 212 g/mol. The Labute approximate surface area is 94.3 Å². The first-order valence-electron chi connectivity index (χ1n) is 5.11. The Hall–Kier alpha value is -2.05. The van der Waals surface area contributed by atoms with Crippen molar-refractivity contribution in [3.8, 4) is 6.07 Å². The predicted molar refractivity (Wildman–Crippen MR) is 60.4 cm³/mol. The fraction of sp³-hybridized carbons (Fsp3) is 0.154. The standard InChI is InChI=1S/C13H12N2O/c14-8-11-4-1-2-5-12(11)9-15-10-13-6-3-7-16-13/h1-7,15H,9-10H2. The van der Waals surface area contributed by atoms with E-state index in [2.05, 4.69) is 11.4 Å². The molecule has 0 radical (unpaired) electrons. The zero-order valence-electron chi connectivity index (χ0n) is 8.81. The maximum Gasteiger partial charge on any atom is 0.117 e. The van der Waals surface area contributed by atoms with Crippen LogP contribution in [0.3, 0.4) is 0 Å². The summed E-state index contributed by atoms with van der Waals surface area (Å²) in [5.41, 5.74) is 1.73. The fourth-order valence-corrected chi connectivity index (χ4v) is 1.52. The summed E-state index contributed by atoms with van der Waals surface area (Å²) in [7, 11) is 0. The molecule has 0 spiro atoms. The molecule has 3 nitrogen and oxygen atoms in total. The van der Waals surface area contributed by atoms with E-state index < -0.39 is 0 Å². The van der Waals surface area contributed by atoms with Crippen molar-refractivity contribution in [1.29, 1.82) is 5.26 Å². The van der Waals surface area contributed by atoms with Crippen LogP contribution in [-0.2, 0) is 13.1 Å². The molecule has 0 fully saturated rings. The van der Waals surface area contributed by atoms with E-state index in [1.165, 1.54) is 0 Å². The molecule has 1 aromatic carbocycles. The van der Waals surface area contributed by atoms with Crippen LogP contribution in [0, 0.1) is 11.3 Å². The van der Waals surface area contributed by atoms with Crippen molar-refractivity contribution >= 4 is 0 Å². The summed E-state index contributed by atoms with van der Waals surface area (Å²) in [4.78, 5) is 0. The van der Waals surface area contributed by atoms with E-state index in [-0.39, 0.29) is 0 Å². The van der Waals surface area contributed by atoms with Crippen LogP contribution in [0.15, 0.2) is 47.1 Å². The number of benzene rings is 1. The zero-order chi connectivity index (χ0) is 11.2. The highest BCUT2D eigenvalue weighted by molar-refractivity contribution is 5.37. The molecular weight excluding hydrogens is 200 g/mol. The summed E-state index contributed by atoms with van der Waals surface area (Å²) >= 11 is 0. The normalized spacial score (nSPS) is 9.94. The van der Waals surface area contributed by atoms with E-state index in [1.54, 1.807) is 6.26 Å². The smallest absolute Gasteiger partial charge is 0.117 e. The number of hydrogen-bond donors (Lipinski definition) is 1. The van der Waals surface area contributed by atoms with Gasteiger partial charge in [0.05, 0.1) is 24.4 Å². The van der Waals surface area contributed by atoms with Gasteiger partial charge in [-0.3, -0.25) is 0 Å². The molecule has 0 saturated carbocycles. The zero-order valence-corrected chi connectivity index (χ0v) is 8.81. The quantitative estimate of drug-likeness (QED) is 0.846. The van der Waals surface area contributed by atoms with Gasteiger partial charge in [0.25, 0.3) is 0 Å². The van der Waals surface area contributed by atoms with Gasteiger partial charge in [-0.15, -0.1) is 0 Å². The van der Waals surface area contributed by atoms with Crippen LogP contribution in [0.4, 0.5) is 0 Å². The lowest BCUT2D eigenvalue weighted by atomic mass is 10.1. The SMILES string of the molecule is N#Cc1ccccc1CNCc1ccco1. The molecule has 1 N–H and O–H groups in total. The highest BCUT2D eigenvalue weighted by atomic mass is 16.3. The Balaban J connectivity index is 1.93. The third-order valence-electron chi connectivity index (χ3n) is 2.33. The van der Waals surface area contributed by atoms with Gasteiger partial charge in [0, 0.05) is 6.54 Å². The number of furan rings is 1. The second kappa shape index (κ2) is 5.15. The lowest BCUT2D eigenvalue weighted by Gasteiger charge is -2.04. The van der Waals surface area contributed by atoms with Gasteiger partial charge in [0.15, 0.2) is 0 Å². The Morgan fingerprint density at radius 3 is 2.75 bits per heavy atom. The van der Waals surface area contributed by atoms with Crippen LogP contribution in [0.25, 0.3) is 0 Å². The molecule has 2 aromatic rings. The second-order valence-corrected chi connectivity index (χ2v) is 3.45. The minimum absolute atomic E-state index is 0.671. The van der Waals surface area contributed by atoms with Gasteiger partial charge in [0.1, 0.15) is 5.76 Å². The molecule has 0 unspecified atom stereocenters. The van der Waals surface area contributed by atoms with Gasteiger partial charge in [-0.05, 0) is 23.8 Å². The molecule has 0 atom stereocenters. The molecule has 0 amide bonds. The van der Waals surface area contributed by atoms with Crippen LogP contribution < -0.4 is 5.32 Å². The van der Waals surface area contributed by atoms with Crippen molar-refractivity contribution < 1.29 is 4.42 Å². The van der Waals surface area contributed by atoms with E-state index >= 15 is 0 Å². The minimum Gasteiger partial charge on any atom is -0.468 e. The summed E-state index contributed by atoms with van der Waals surface area (Å²) in [6.07, 6.45) is 1.65. The topological polar surface area (TPSA) is 49.0 Å². The van der Waals surface area contributed by atoms with E-state index in [4.69, 9.17) is 9.68 Å². The van der Waals surface area contributed by atoms with Crippen LogP contribution >= 0.6 is 0 Å². The first kappa shape index (κ1) is 10.5. The number of nitrogens with zero attached hydrogens (tertiary/aromatic N) is 1. The van der Waals surface area contributed by atoms with Gasteiger partial charge in [-0.2, -0.15) is 5.26 Å². The lowest BCUT2D eigenvalue weighted by Crippen LogP contribution is -2.12. The van der Waals surface area contributed by atoms with Crippen molar-refractivity contribution in [2.45, 2.75) is 13.1 Å². The number of rotatable bonds is 4. The molecule has 16 heavy (non-hydrogen) atoms. The van der Waals surface area contributed by atoms with E-state index in [1.807, 2.05) is 36.4 Å². The average molecular weight is 212 g/mol. The second-order valence-electron chi connectivity index (χ2n) is 3.45. The average Bonchev–Trinajstić information content (AvgIpc) is 2.83. The maximum absolute atomic E-state index is 8.91. The Kier molecular flexibility index (Phi) is 3.37. The summed E-state index contributed by atoms with van der Waals surface area (Å²) in [5, 5.41) is 12.1. The third-order valence-corrected chi connectivity index (χ3v) is 2.33. The van der Waals surface area contributed by atoms with Crippen LogP contribution in [0.1, 0.15) is 16.9 Å². The summed E-state index contributed by atoms with van der Waals surface area (Å²) in [6, 6.07) is 13.5. The van der Waals surface area contributed by atoms with Crippen LogP contribution in [0.5, 0.6) is 0 Å². The van der Waals surface area contributed by atoms with Crippen molar-refractivity contribution in [3.05, 3.63) is 59.5 Å². The first-order valence-corrected chi connectivity index (χ1v) is 5.11. The molecule has 0 aliphatic rings. The lowest BCUT2D eigenvalue weighted by molar-refractivity contribution is 0.483. The first-order chi connectivity index (χ1) is 7.90. The molecule has 0 bridgehead atoms. The Bertz CT molecular complexity index is 483. The molecule has 1 aromatic heterocycles. The van der Waals surface area contributed by atoms with Crippen molar-refractivity contribution in [2.24, 2.45) is 0 Å². The highest BCUT2D eigenvalue weighted by Crippen LogP contribution is 2.07. The molecule has 1 heterocycles. The van der Waals surface area contributed by atoms with Crippen LogP contribution in [-0.4, -0.2) is 0 Å². The highest BCUT2D eigenvalue weighted by Gasteiger charge is 2.00. The molecule has 0 aliphatic heterocycles. The fourth-order valence-electron chi connectivity index (χ4n) is 1.52. The van der Waals surface area contributed by atoms with Crippen molar-refractivity contribution in [2.75, 3.05) is 0 Å². The van der Waals surface area contributed by atoms with Gasteiger partial charge in [-0.25, -0.2) is 0 Å². The van der Waals surface area contributed by atoms with E-state index in [9.17, 15) is 0 Å². The molecule has 0 saturated heterocycles. The van der Waals surface area contributed by atoms with Gasteiger partial charge >= 0.3 is 0 Å². The van der Waals surface area contributed by atoms with E-state index in [0.717, 1.165) is 16.9 Å². The molecular formula is C13H12N2O. The number of nitriles is 1. The van der Waals surface area contributed by atoms with Gasteiger partial charge < -0.3 is 9.73 Å². The molecule has 0 aliphatic carbocycles. The van der Waals surface area contributed by atoms with Gasteiger partial charge in [0.2, 0.25) is 0 Å². The van der Waals surface area contributed by atoms with Gasteiger partial charge in [-0.1, -0.05) is 18.2 Å². The number of nitrogens with one attached hydrogen (secondary N) is 1. The van der Waals surface area contributed by atoms with Crippen molar-refractivity contribution in [3.63, 3.8) is 0 Å². The Morgan fingerprint density at radius 1 is 1.12 bits per heavy atom. The molecule has 3 heteroatoms. The van der Waals surface area contributed by atoms with Crippen molar-refractivity contribution in [1.82, 2.24) is 5.32 Å². The largest absolute Gasteiger partial charge is 0.468 e. The minimum atomic E-state index is 0.671. The van der Waals surface area contributed by atoms with E-state index in [0.29, 0.717) is 13.1 Å². The Morgan fingerprint density at radius 2 is 2.00 bits per heavy atom. The maximum atomic E-state index is 8.91. The molecule has 80 valence electrons.